The highest BCUT2D eigenvalue weighted by molar-refractivity contribution is 6.18. The molecule has 1 aromatic rings. The summed E-state index contributed by atoms with van der Waals surface area (Å²) in [5.41, 5.74) is 0.251. The van der Waals surface area contributed by atoms with Crippen LogP contribution in [0.2, 0.25) is 0 Å². The SMILES string of the molecule is CCCCN(CCCl)C(=O)c1cccc(OC)c1O. The van der Waals surface area contributed by atoms with Gasteiger partial charge in [-0.3, -0.25) is 4.79 Å². The van der Waals surface area contributed by atoms with Crippen molar-refractivity contribution in [2.45, 2.75) is 19.8 Å². The van der Waals surface area contributed by atoms with Gasteiger partial charge in [-0.15, -0.1) is 11.6 Å². The molecule has 106 valence electrons. The summed E-state index contributed by atoms with van der Waals surface area (Å²) in [6.07, 6.45) is 1.91. The van der Waals surface area contributed by atoms with Crippen molar-refractivity contribution < 1.29 is 14.6 Å². The third-order valence-electron chi connectivity index (χ3n) is 2.87. The lowest BCUT2D eigenvalue weighted by Gasteiger charge is -2.22. The first-order valence-corrected chi connectivity index (χ1v) is 6.90. The van der Waals surface area contributed by atoms with E-state index in [-0.39, 0.29) is 17.2 Å². The average Bonchev–Trinajstić information content (AvgIpc) is 2.43. The largest absolute Gasteiger partial charge is 0.504 e. The molecule has 0 spiro atoms. The molecule has 0 bridgehead atoms. The Morgan fingerprint density at radius 1 is 1.42 bits per heavy atom. The molecule has 0 saturated carbocycles. The Morgan fingerprint density at radius 3 is 2.74 bits per heavy atom. The first kappa shape index (κ1) is 15.6. The number of para-hydroxylation sites is 1. The van der Waals surface area contributed by atoms with E-state index >= 15 is 0 Å². The second-order valence-electron chi connectivity index (χ2n) is 4.19. The zero-order chi connectivity index (χ0) is 14.3. The second kappa shape index (κ2) is 7.89. The van der Waals surface area contributed by atoms with Crippen LogP contribution in [0.1, 0.15) is 30.1 Å². The molecule has 0 saturated heterocycles. The van der Waals surface area contributed by atoms with Crippen molar-refractivity contribution in [3.63, 3.8) is 0 Å². The van der Waals surface area contributed by atoms with E-state index in [0.717, 1.165) is 12.8 Å². The van der Waals surface area contributed by atoms with Gasteiger partial charge in [-0.05, 0) is 18.6 Å². The van der Waals surface area contributed by atoms with Crippen molar-refractivity contribution in [1.82, 2.24) is 4.90 Å². The molecule has 0 aliphatic heterocycles. The van der Waals surface area contributed by atoms with E-state index in [2.05, 4.69) is 6.92 Å². The minimum Gasteiger partial charge on any atom is -0.504 e. The predicted molar refractivity (Wildman–Crippen MR) is 76.2 cm³/mol. The van der Waals surface area contributed by atoms with Crippen LogP contribution >= 0.6 is 11.6 Å². The summed E-state index contributed by atoms with van der Waals surface area (Å²) in [7, 11) is 1.46. The second-order valence-corrected chi connectivity index (χ2v) is 4.57. The number of nitrogens with zero attached hydrogens (tertiary/aromatic N) is 1. The summed E-state index contributed by atoms with van der Waals surface area (Å²) < 4.78 is 5.01. The number of phenols is 1. The molecule has 0 heterocycles. The Balaban J connectivity index is 2.95. The van der Waals surface area contributed by atoms with Gasteiger partial charge in [0.05, 0.1) is 12.7 Å². The number of aromatic hydroxyl groups is 1. The molecular weight excluding hydrogens is 266 g/mol. The number of ether oxygens (including phenoxy) is 1. The third-order valence-corrected chi connectivity index (χ3v) is 3.04. The highest BCUT2D eigenvalue weighted by Gasteiger charge is 2.20. The van der Waals surface area contributed by atoms with Gasteiger partial charge < -0.3 is 14.7 Å². The van der Waals surface area contributed by atoms with Crippen LogP contribution in [0.3, 0.4) is 0 Å². The molecule has 0 aliphatic rings. The number of rotatable bonds is 7. The van der Waals surface area contributed by atoms with Gasteiger partial charge in [-0.2, -0.15) is 0 Å². The lowest BCUT2D eigenvalue weighted by molar-refractivity contribution is 0.0759. The fraction of sp³-hybridized carbons (Fsp3) is 0.500. The molecule has 0 atom stereocenters. The highest BCUT2D eigenvalue weighted by Crippen LogP contribution is 2.30. The van der Waals surface area contributed by atoms with Gasteiger partial charge in [0.15, 0.2) is 11.5 Å². The van der Waals surface area contributed by atoms with E-state index in [4.69, 9.17) is 16.3 Å². The third kappa shape index (κ3) is 4.03. The standard InChI is InChI=1S/C14H20ClNO3/c1-3-4-9-16(10-8-15)14(18)11-6-5-7-12(19-2)13(11)17/h5-7,17H,3-4,8-10H2,1-2H3. The molecular formula is C14H20ClNO3. The molecule has 1 rings (SSSR count). The molecule has 0 radical (unpaired) electrons. The highest BCUT2D eigenvalue weighted by atomic mass is 35.5. The molecule has 0 aliphatic carbocycles. The van der Waals surface area contributed by atoms with Crippen molar-refractivity contribution in [2.75, 3.05) is 26.1 Å². The normalized spacial score (nSPS) is 10.3. The van der Waals surface area contributed by atoms with Crippen LogP contribution in [0.4, 0.5) is 0 Å². The molecule has 0 unspecified atom stereocenters. The number of hydrogen-bond donors (Lipinski definition) is 1. The van der Waals surface area contributed by atoms with Crippen LogP contribution in [-0.4, -0.2) is 42.0 Å². The van der Waals surface area contributed by atoms with E-state index in [1.165, 1.54) is 7.11 Å². The van der Waals surface area contributed by atoms with Crippen molar-refractivity contribution in [3.8, 4) is 11.5 Å². The summed E-state index contributed by atoms with van der Waals surface area (Å²) in [5.74, 6) is 0.337. The summed E-state index contributed by atoms with van der Waals surface area (Å²) in [6, 6.07) is 4.89. The lowest BCUT2D eigenvalue weighted by Crippen LogP contribution is -2.33. The Bertz CT molecular complexity index is 423. The number of methoxy groups -OCH3 is 1. The number of unbranched alkanes of at least 4 members (excludes halogenated alkanes) is 1. The molecule has 0 aromatic heterocycles. The van der Waals surface area contributed by atoms with Gasteiger partial charge in [0.25, 0.3) is 5.91 Å². The summed E-state index contributed by atoms with van der Waals surface area (Å²) in [4.78, 5) is 14.0. The Kier molecular flexibility index (Phi) is 6.50. The Morgan fingerprint density at radius 2 is 2.16 bits per heavy atom. The number of phenolic OH excluding ortho intramolecular Hbond substituents is 1. The maximum atomic E-state index is 12.4. The Labute approximate surface area is 118 Å². The number of alkyl halides is 1. The van der Waals surface area contributed by atoms with E-state index < -0.39 is 0 Å². The first-order valence-electron chi connectivity index (χ1n) is 6.36. The molecule has 0 fully saturated rings. The van der Waals surface area contributed by atoms with Crippen LogP contribution in [0, 0.1) is 0 Å². The molecule has 1 aromatic carbocycles. The average molecular weight is 286 g/mol. The van der Waals surface area contributed by atoms with Crippen molar-refractivity contribution in [3.05, 3.63) is 23.8 Å². The monoisotopic (exact) mass is 285 g/mol. The number of hydrogen-bond acceptors (Lipinski definition) is 3. The van der Waals surface area contributed by atoms with Crippen LogP contribution in [0.15, 0.2) is 18.2 Å². The number of halogens is 1. The Hall–Kier alpha value is -1.42. The number of benzene rings is 1. The fourth-order valence-electron chi connectivity index (χ4n) is 1.80. The van der Waals surface area contributed by atoms with Crippen LogP contribution < -0.4 is 4.74 Å². The topological polar surface area (TPSA) is 49.8 Å². The van der Waals surface area contributed by atoms with Crippen molar-refractivity contribution >= 4 is 17.5 Å². The van der Waals surface area contributed by atoms with E-state index in [9.17, 15) is 9.90 Å². The molecule has 1 N–H and O–H groups in total. The van der Waals surface area contributed by atoms with Crippen LogP contribution in [-0.2, 0) is 0 Å². The molecule has 5 heteroatoms. The van der Waals surface area contributed by atoms with E-state index in [1.807, 2.05) is 0 Å². The first-order chi connectivity index (χ1) is 9.15. The zero-order valence-corrected chi connectivity index (χ0v) is 12.1. The predicted octanol–water partition coefficient (Wildman–Crippen LogP) is 2.88. The van der Waals surface area contributed by atoms with E-state index in [1.54, 1.807) is 23.1 Å². The minimum absolute atomic E-state index is 0.119. The summed E-state index contributed by atoms with van der Waals surface area (Å²) >= 11 is 5.72. The fourth-order valence-corrected chi connectivity index (χ4v) is 2.00. The maximum Gasteiger partial charge on any atom is 0.257 e. The summed E-state index contributed by atoms with van der Waals surface area (Å²) in [6.45, 7) is 3.17. The van der Waals surface area contributed by atoms with Gasteiger partial charge >= 0.3 is 0 Å². The molecule has 1 amide bonds. The van der Waals surface area contributed by atoms with Crippen molar-refractivity contribution in [2.24, 2.45) is 0 Å². The minimum atomic E-state index is -0.217. The van der Waals surface area contributed by atoms with Gasteiger partial charge in [0.1, 0.15) is 0 Å². The van der Waals surface area contributed by atoms with Gasteiger partial charge in [-0.25, -0.2) is 0 Å². The number of amides is 1. The van der Waals surface area contributed by atoms with Crippen LogP contribution in [0.5, 0.6) is 11.5 Å². The number of carbonyl (C=O) groups excluding carboxylic acids is 1. The molecule has 4 nitrogen and oxygen atoms in total. The lowest BCUT2D eigenvalue weighted by atomic mass is 10.1. The van der Waals surface area contributed by atoms with Crippen LogP contribution in [0.25, 0.3) is 0 Å². The number of carbonyl (C=O) groups is 1. The van der Waals surface area contributed by atoms with Gasteiger partial charge in [0.2, 0.25) is 0 Å². The smallest absolute Gasteiger partial charge is 0.257 e. The zero-order valence-electron chi connectivity index (χ0n) is 11.4. The summed E-state index contributed by atoms with van der Waals surface area (Å²) in [5, 5.41) is 10.00. The van der Waals surface area contributed by atoms with Crippen molar-refractivity contribution in [1.29, 1.82) is 0 Å². The maximum absolute atomic E-state index is 12.4. The van der Waals surface area contributed by atoms with Gasteiger partial charge in [0, 0.05) is 19.0 Å². The quantitative estimate of drug-likeness (QED) is 0.784. The molecule has 19 heavy (non-hydrogen) atoms. The van der Waals surface area contributed by atoms with Gasteiger partial charge in [-0.1, -0.05) is 19.4 Å². The van der Waals surface area contributed by atoms with E-state index in [0.29, 0.717) is 24.7 Å².